The van der Waals surface area contributed by atoms with Crippen molar-refractivity contribution in [2.45, 2.75) is 19.9 Å². The third kappa shape index (κ3) is 5.20. The van der Waals surface area contributed by atoms with Gasteiger partial charge in [-0.15, -0.1) is 0 Å². The third-order valence-corrected chi connectivity index (χ3v) is 4.39. The number of nitrogens with zero attached hydrogens (tertiary/aromatic N) is 1. The zero-order valence-corrected chi connectivity index (χ0v) is 17.2. The average Bonchev–Trinajstić information content (AvgIpc) is 2.97. The maximum Gasteiger partial charge on any atom is 0.413 e. The molecule has 9 nitrogen and oxygen atoms in total. The lowest BCUT2D eigenvalue weighted by Gasteiger charge is -2.11. The number of Topliss-reactive ketones (excluding diaryl/α,β-unsaturated/α-hetero) is 1. The Morgan fingerprint density at radius 2 is 1.62 bits per heavy atom. The van der Waals surface area contributed by atoms with Crippen LogP contribution in [-0.2, 0) is 0 Å². The SMILES string of the molecule is CC(=O)c1c(O)oc(=O)c(C(C)=Nc2ccc(OC(=O)NC3C=CC=CC=C3)cc2)c1O. The molecule has 3 rings (SSSR count). The number of hydrogen-bond donors (Lipinski definition) is 3. The molecule has 3 N–H and O–H groups in total. The van der Waals surface area contributed by atoms with Crippen LogP contribution in [0.4, 0.5) is 10.5 Å². The fraction of sp³-hybridized carbons (Fsp3) is 0.130. The molecule has 0 saturated carbocycles. The first-order valence-corrected chi connectivity index (χ1v) is 9.52. The highest BCUT2D eigenvalue weighted by atomic mass is 16.6. The van der Waals surface area contributed by atoms with E-state index in [0.717, 1.165) is 6.92 Å². The van der Waals surface area contributed by atoms with Gasteiger partial charge in [-0.05, 0) is 38.1 Å². The van der Waals surface area contributed by atoms with E-state index in [9.17, 15) is 24.6 Å². The number of nitrogens with one attached hydrogen (secondary N) is 1. The van der Waals surface area contributed by atoms with Gasteiger partial charge >= 0.3 is 11.7 Å². The number of aliphatic imine (C=N–C) groups is 1. The Balaban J connectivity index is 1.75. The van der Waals surface area contributed by atoms with Gasteiger partial charge in [-0.1, -0.05) is 36.5 Å². The highest BCUT2D eigenvalue weighted by molar-refractivity contribution is 6.07. The quantitative estimate of drug-likeness (QED) is 0.481. The number of ketones is 1. The number of allylic oxidation sites excluding steroid dienone is 4. The van der Waals surface area contributed by atoms with Gasteiger partial charge in [0.25, 0.3) is 5.95 Å². The molecule has 1 aliphatic rings. The van der Waals surface area contributed by atoms with Crippen LogP contribution in [0.25, 0.3) is 0 Å². The van der Waals surface area contributed by atoms with Gasteiger partial charge in [0.05, 0.1) is 17.4 Å². The van der Waals surface area contributed by atoms with Crippen LogP contribution in [0.3, 0.4) is 0 Å². The van der Waals surface area contributed by atoms with Crippen LogP contribution in [0.15, 0.2) is 74.9 Å². The number of carbonyl (C=O) groups excluding carboxylic acids is 2. The second-order valence-corrected chi connectivity index (χ2v) is 6.75. The maximum absolute atomic E-state index is 12.1. The standard InChI is InChI=1S/C23H20N2O7/c1-13(18-20(27)19(14(2)26)22(29)32-21(18)28)24-16-9-11-17(12-10-16)31-23(30)25-15-7-5-3-4-6-8-15/h3-12,15,27,29H,1-2H3,(H,25,30). The molecule has 0 radical (unpaired) electrons. The normalized spacial score (nSPS) is 13.6. The van der Waals surface area contributed by atoms with Gasteiger partial charge in [0, 0.05) is 0 Å². The van der Waals surface area contributed by atoms with Crippen LogP contribution in [0.5, 0.6) is 17.4 Å². The van der Waals surface area contributed by atoms with E-state index in [-0.39, 0.29) is 23.1 Å². The Bertz CT molecular complexity index is 1200. The molecule has 0 unspecified atom stereocenters. The zero-order chi connectivity index (χ0) is 23.3. The highest BCUT2D eigenvalue weighted by Crippen LogP contribution is 2.29. The molecule has 1 heterocycles. The molecule has 1 amide bonds. The average molecular weight is 436 g/mol. The van der Waals surface area contributed by atoms with Gasteiger partial charge in [-0.25, -0.2) is 9.59 Å². The molecular formula is C23H20N2O7. The number of carbonyl (C=O) groups is 2. The van der Waals surface area contributed by atoms with Crippen molar-refractivity contribution in [2.24, 2.45) is 4.99 Å². The van der Waals surface area contributed by atoms with Crippen molar-refractivity contribution in [2.75, 3.05) is 0 Å². The highest BCUT2D eigenvalue weighted by Gasteiger charge is 2.24. The van der Waals surface area contributed by atoms with Crippen LogP contribution < -0.4 is 15.7 Å². The predicted molar refractivity (Wildman–Crippen MR) is 117 cm³/mol. The van der Waals surface area contributed by atoms with Crippen LogP contribution >= 0.6 is 0 Å². The predicted octanol–water partition coefficient (Wildman–Crippen LogP) is 3.53. The van der Waals surface area contributed by atoms with Crippen LogP contribution in [-0.4, -0.2) is 33.8 Å². The molecule has 0 aliphatic heterocycles. The van der Waals surface area contributed by atoms with Crippen molar-refractivity contribution in [3.8, 4) is 17.4 Å². The van der Waals surface area contributed by atoms with E-state index in [1.807, 2.05) is 24.3 Å². The van der Waals surface area contributed by atoms with Gasteiger partial charge in [0.1, 0.15) is 22.6 Å². The summed E-state index contributed by atoms with van der Waals surface area (Å²) in [6.45, 7) is 2.55. The van der Waals surface area contributed by atoms with E-state index in [4.69, 9.17) is 4.74 Å². The van der Waals surface area contributed by atoms with E-state index in [2.05, 4.69) is 14.7 Å². The zero-order valence-electron chi connectivity index (χ0n) is 17.2. The van der Waals surface area contributed by atoms with Crippen molar-refractivity contribution in [3.63, 3.8) is 0 Å². The number of benzene rings is 1. The first kappa shape index (κ1) is 22.3. The summed E-state index contributed by atoms with van der Waals surface area (Å²) in [5.74, 6) is -2.07. The van der Waals surface area contributed by atoms with Crippen LogP contribution in [0.2, 0.25) is 0 Å². The van der Waals surface area contributed by atoms with Crippen LogP contribution in [0.1, 0.15) is 29.8 Å². The van der Waals surface area contributed by atoms with E-state index >= 15 is 0 Å². The summed E-state index contributed by atoms with van der Waals surface area (Å²) in [6.07, 6.45) is 10.3. The molecule has 164 valence electrons. The van der Waals surface area contributed by atoms with E-state index < -0.39 is 34.8 Å². The molecule has 9 heteroatoms. The molecule has 0 fully saturated rings. The van der Waals surface area contributed by atoms with Gasteiger partial charge in [-0.2, -0.15) is 0 Å². The molecule has 0 spiro atoms. The molecular weight excluding hydrogens is 416 g/mol. The first-order valence-electron chi connectivity index (χ1n) is 9.52. The van der Waals surface area contributed by atoms with E-state index in [0.29, 0.717) is 5.69 Å². The minimum atomic E-state index is -1.04. The molecule has 0 saturated heterocycles. The van der Waals surface area contributed by atoms with Gasteiger partial charge in [-0.3, -0.25) is 9.79 Å². The molecule has 1 aliphatic carbocycles. The lowest BCUT2D eigenvalue weighted by Crippen LogP contribution is -2.34. The molecule has 0 bridgehead atoms. The van der Waals surface area contributed by atoms with Crippen molar-refractivity contribution in [1.82, 2.24) is 5.32 Å². The summed E-state index contributed by atoms with van der Waals surface area (Å²) in [4.78, 5) is 40.0. The summed E-state index contributed by atoms with van der Waals surface area (Å²) in [5.41, 5.74) is -1.44. The second kappa shape index (κ2) is 9.61. The fourth-order valence-corrected chi connectivity index (χ4v) is 2.92. The van der Waals surface area contributed by atoms with E-state index in [1.165, 1.54) is 31.2 Å². The number of aromatic hydroxyl groups is 2. The number of rotatable bonds is 5. The second-order valence-electron chi connectivity index (χ2n) is 6.75. The van der Waals surface area contributed by atoms with Crippen molar-refractivity contribution in [1.29, 1.82) is 0 Å². The minimum Gasteiger partial charge on any atom is -0.506 e. The molecule has 1 aromatic carbocycles. The third-order valence-electron chi connectivity index (χ3n) is 4.39. The Labute approximate surface area is 182 Å². The number of amides is 1. The fourth-order valence-electron chi connectivity index (χ4n) is 2.92. The summed E-state index contributed by atoms with van der Waals surface area (Å²) < 4.78 is 9.87. The van der Waals surface area contributed by atoms with Crippen LogP contribution in [0, 0.1) is 0 Å². The lowest BCUT2D eigenvalue weighted by molar-refractivity contribution is 0.100. The monoisotopic (exact) mass is 436 g/mol. The number of hydrogen-bond acceptors (Lipinski definition) is 8. The molecule has 1 aromatic heterocycles. The Hall–Kier alpha value is -4.40. The first-order chi connectivity index (χ1) is 15.3. The smallest absolute Gasteiger partial charge is 0.413 e. The Morgan fingerprint density at radius 3 is 2.22 bits per heavy atom. The molecule has 0 atom stereocenters. The van der Waals surface area contributed by atoms with Gasteiger partial charge in [0.2, 0.25) is 0 Å². The van der Waals surface area contributed by atoms with Crippen molar-refractivity contribution < 1.29 is 29.0 Å². The lowest BCUT2D eigenvalue weighted by atomic mass is 10.1. The minimum absolute atomic E-state index is 0.0608. The van der Waals surface area contributed by atoms with Gasteiger partial charge < -0.3 is 24.7 Å². The van der Waals surface area contributed by atoms with Crippen molar-refractivity contribution in [3.05, 3.63) is 82.3 Å². The number of ether oxygens (including phenoxy) is 1. The Morgan fingerprint density at radius 1 is 1.00 bits per heavy atom. The summed E-state index contributed by atoms with van der Waals surface area (Å²) in [5, 5.41) is 22.6. The topological polar surface area (TPSA) is 138 Å². The summed E-state index contributed by atoms with van der Waals surface area (Å²) in [7, 11) is 0. The molecule has 2 aromatic rings. The molecule has 32 heavy (non-hydrogen) atoms. The maximum atomic E-state index is 12.1. The van der Waals surface area contributed by atoms with Crippen molar-refractivity contribution >= 4 is 23.3 Å². The largest absolute Gasteiger partial charge is 0.506 e. The Kier molecular flexibility index (Phi) is 6.69. The summed E-state index contributed by atoms with van der Waals surface area (Å²) >= 11 is 0. The van der Waals surface area contributed by atoms with Gasteiger partial charge in [0.15, 0.2) is 5.78 Å². The van der Waals surface area contributed by atoms with E-state index in [1.54, 1.807) is 12.2 Å². The summed E-state index contributed by atoms with van der Waals surface area (Å²) in [6, 6.07) is 5.78.